The van der Waals surface area contributed by atoms with Gasteiger partial charge in [0.25, 0.3) is 5.91 Å². The van der Waals surface area contributed by atoms with Crippen molar-refractivity contribution >= 4 is 5.91 Å². The van der Waals surface area contributed by atoms with Gasteiger partial charge in [0.2, 0.25) is 0 Å². The molecular weight excluding hydrogens is 176 g/mol. The molecule has 1 rings (SSSR count). The van der Waals surface area contributed by atoms with E-state index in [2.05, 4.69) is 5.32 Å². The quantitative estimate of drug-likeness (QED) is 0.463. The van der Waals surface area contributed by atoms with Crippen molar-refractivity contribution in [3.05, 3.63) is 30.1 Å². The van der Waals surface area contributed by atoms with E-state index in [9.17, 15) is 4.79 Å². The second-order valence-electron chi connectivity index (χ2n) is 2.34. The first kappa shape index (κ1) is 10.9. The predicted octanol–water partition coefficient (Wildman–Crippen LogP) is -3.13. The molecule has 0 bridgehead atoms. The van der Waals surface area contributed by atoms with Crippen molar-refractivity contribution < 1.29 is 21.8 Å². The SMILES string of the molecule is CNC(=O)c1ccc[n+](C)c1.[Cl-]. The van der Waals surface area contributed by atoms with Crippen molar-refractivity contribution in [2.45, 2.75) is 0 Å². The van der Waals surface area contributed by atoms with Crippen molar-refractivity contribution in [3.63, 3.8) is 0 Å². The highest BCUT2D eigenvalue weighted by atomic mass is 35.5. The minimum atomic E-state index is -0.0544. The molecule has 0 aliphatic heterocycles. The summed E-state index contributed by atoms with van der Waals surface area (Å²) in [5.74, 6) is -0.0544. The van der Waals surface area contributed by atoms with Gasteiger partial charge in [0.05, 0.1) is 0 Å². The molecule has 0 saturated carbocycles. The van der Waals surface area contributed by atoms with Crippen molar-refractivity contribution in [3.8, 4) is 0 Å². The van der Waals surface area contributed by atoms with Gasteiger partial charge in [-0.05, 0) is 6.07 Å². The molecule has 1 heterocycles. The number of hydrogen-bond acceptors (Lipinski definition) is 1. The minimum Gasteiger partial charge on any atom is -1.00 e. The van der Waals surface area contributed by atoms with Crippen LogP contribution >= 0.6 is 0 Å². The lowest BCUT2D eigenvalue weighted by atomic mass is 10.3. The summed E-state index contributed by atoms with van der Waals surface area (Å²) in [5, 5.41) is 2.56. The van der Waals surface area contributed by atoms with Crippen molar-refractivity contribution in [2.24, 2.45) is 7.05 Å². The normalized spacial score (nSPS) is 8.50. The number of nitrogens with zero attached hydrogens (tertiary/aromatic N) is 1. The molecule has 1 aromatic heterocycles. The van der Waals surface area contributed by atoms with Crippen LogP contribution < -0.4 is 22.3 Å². The van der Waals surface area contributed by atoms with Crippen LogP contribution in [0.4, 0.5) is 0 Å². The van der Waals surface area contributed by atoms with Gasteiger partial charge in [0.1, 0.15) is 12.6 Å². The maximum absolute atomic E-state index is 11.0. The van der Waals surface area contributed by atoms with E-state index < -0.39 is 0 Å². The van der Waals surface area contributed by atoms with E-state index in [-0.39, 0.29) is 18.3 Å². The third-order valence-corrected chi connectivity index (χ3v) is 1.43. The number of nitrogens with one attached hydrogen (secondary N) is 1. The van der Waals surface area contributed by atoms with E-state index in [0.29, 0.717) is 5.56 Å². The average molecular weight is 187 g/mol. The number of halogens is 1. The van der Waals surface area contributed by atoms with Gasteiger partial charge in [0.15, 0.2) is 12.4 Å². The number of pyridine rings is 1. The van der Waals surface area contributed by atoms with Crippen LogP contribution in [-0.4, -0.2) is 13.0 Å². The third kappa shape index (κ3) is 2.51. The Morgan fingerprint density at radius 2 is 2.25 bits per heavy atom. The van der Waals surface area contributed by atoms with Crippen molar-refractivity contribution in [1.29, 1.82) is 0 Å². The summed E-state index contributed by atoms with van der Waals surface area (Å²) in [6, 6.07) is 3.61. The van der Waals surface area contributed by atoms with Crippen LogP contribution in [0.15, 0.2) is 24.5 Å². The summed E-state index contributed by atoms with van der Waals surface area (Å²) in [6.07, 6.45) is 3.66. The Hall–Kier alpha value is -1.09. The molecule has 0 aliphatic rings. The summed E-state index contributed by atoms with van der Waals surface area (Å²) < 4.78 is 1.84. The zero-order valence-corrected chi connectivity index (χ0v) is 7.80. The fraction of sp³-hybridized carbons (Fsp3) is 0.250. The van der Waals surface area contributed by atoms with E-state index in [4.69, 9.17) is 0 Å². The Labute approximate surface area is 77.8 Å². The molecule has 3 nitrogen and oxygen atoms in total. The molecule has 0 aliphatic carbocycles. The Morgan fingerprint density at radius 3 is 2.75 bits per heavy atom. The fourth-order valence-electron chi connectivity index (χ4n) is 0.867. The first-order valence-electron chi connectivity index (χ1n) is 3.41. The third-order valence-electron chi connectivity index (χ3n) is 1.43. The number of carbonyl (C=O) groups is 1. The van der Waals surface area contributed by atoms with Crippen LogP contribution in [0.1, 0.15) is 10.4 Å². The average Bonchev–Trinajstić information content (AvgIpc) is 2.03. The number of hydrogen-bond donors (Lipinski definition) is 1. The van der Waals surface area contributed by atoms with Gasteiger partial charge < -0.3 is 17.7 Å². The molecule has 0 spiro atoms. The first-order valence-corrected chi connectivity index (χ1v) is 3.41. The van der Waals surface area contributed by atoms with E-state index in [1.54, 1.807) is 19.3 Å². The monoisotopic (exact) mass is 186 g/mol. The van der Waals surface area contributed by atoms with Gasteiger partial charge in [-0.1, -0.05) is 0 Å². The molecule has 0 fully saturated rings. The molecule has 1 N–H and O–H groups in total. The molecule has 1 aromatic rings. The molecule has 4 heteroatoms. The summed E-state index contributed by atoms with van der Waals surface area (Å²) in [7, 11) is 3.50. The highest BCUT2D eigenvalue weighted by Gasteiger charge is 2.04. The Balaban J connectivity index is 0.00000121. The topological polar surface area (TPSA) is 33.0 Å². The number of carbonyl (C=O) groups excluding carboxylic acids is 1. The zero-order valence-electron chi connectivity index (χ0n) is 7.04. The lowest BCUT2D eigenvalue weighted by Crippen LogP contribution is -3.00. The largest absolute Gasteiger partial charge is 1.00 e. The van der Waals surface area contributed by atoms with Crippen molar-refractivity contribution in [2.75, 3.05) is 7.05 Å². The Morgan fingerprint density at radius 1 is 1.58 bits per heavy atom. The summed E-state index contributed by atoms with van der Waals surface area (Å²) in [4.78, 5) is 11.0. The van der Waals surface area contributed by atoms with Crippen LogP contribution in [0.25, 0.3) is 0 Å². The van der Waals surface area contributed by atoms with Crippen LogP contribution in [0.3, 0.4) is 0 Å². The number of amides is 1. The summed E-state index contributed by atoms with van der Waals surface area (Å²) in [6.45, 7) is 0. The number of aromatic nitrogens is 1. The first-order chi connectivity index (χ1) is 5.24. The molecule has 0 saturated heterocycles. The van der Waals surface area contributed by atoms with Gasteiger partial charge >= 0.3 is 0 Å². The van der Waals surface area contributed by atoms with Crippen LogP contribution in [0.5, 0.6) is 0 Å². The second kappa shape index (κ2) is 4.72. The standard InChI is InChI=1S/C8H10N2O.ClH/c1-9-8(11)7-4-3-5-10(2)6-7;/h3-6H,1-2H3;1H. The second-order valence-corrected chi connectivity index (χ2v) is 2.34. The maximum Gasteiger partial charge on any atom is 0.257 e. The molecule has 66 valence electrons. The number of aryl methyl sites for hydroxylation is 1. The Kier molecular flexibility index (Phi) is 4.29. The molecule has 0 atom stereocenters. The molecule has 0 aromatic carbocycles. The molecule has 1 amide bonds. The van der Waals surface area contributed by atoms with Crippen LogP contribution in [-0.2, 0) is 7.05 Å². The zero-order chi connectivity index (χ0) is 8.27. The summed E-state index contributed by atoms with van der Waals surface area (Å²) in [5.41, 5.74) is 0.678. The van der Waals surface area contributed by atoms with E-state index >= 15 is 0 Å². The number of rotatable bonds is 1. The molecular formula is C8H11ClN2O. The molecule has 12 heavy (non-hydrogen) atoms. The maximum atomic E-state index is 11.0. The van der Waals surface area contributed by atoms with Crippen LogP contribution in [0.2, 0.25) is 0 Å². The molecule has 0 radical (unpaired) electrons. The van der Waals surface area contributed by atoms with E-state index in [0.717, 1.165) is 0 Å². The highest BCUT2D eigenvalue weighted by Crippen LogP contribution is 1.91. The lowest BCUT2D eigenvalue weighted by molar-refractivity contribution is -0.671. The van der Waals surface area contributed by atoms with Crippen molar-refractivity contribution in [1.82, 2.24) is 5.32 Å². The van der Waals surface area contributed by atoms with Gasteiger partial charge in [-0.3, -0.25) is 4.79 Å². The van der Waals surface area contributed by atoms with Gasteiger partial charge in [-0.25, -0.2) is 4.57 Å². The fourth-order valence-corrected chi connectivity index (χ4v) is 0.867. The van der Waals surface area contributed by atoms with Gasteiger partial charge in [0, 0.05) is 13.1 Å². The van der Waals surface area contributed by atoms with Gasteiger partial charge in [-0.2, -0.15) is 0 Å². The lowest BCUT2D eigenvalue weighted by Gasteiger charge is -1.95. The van der Waals surface area contributed by atoms with E-state index in [1.807, 2.05) is 23.9 Å². The predicted molar refractivity (Wildman–Crippen MR) is 41.0 cm³/mol. The van der Waals surface area contributed by atoms with Crippen LogP contribution in [0, 0.1) is 0 Å². The van der Waals surface area contributed by atoms with Gasteiger partial charge in [-0.15, -0.1) is 0 Å². The smallest absolute Gasteiger partial charge is 0.257 e. The molecule has 0 unspecified atom stereocenters. The van der Waals surface area contributed by atoms with E-state index in [1.165, 1.54) is 0 Å². The highest BCUT2D eigenvalue weighted by molar-refractivity contribution is 5.93. The summed E-state index contributed by atoms with van der Waals surface area (Å²) >= 11 is 0. The Bertz CT molecular complexity index is 276. The minimum absolute atomic E-state index is 0.